The third kappa shape index (κ3) is 5.49. The molecule has 3 rings (SSSR count). The first kappa shape index (κ1) is 20.2. The number of carbonyl (C=O) groups excluding carboxylic acids is 1. The lowest BCUT2D eigenvalue weighted by atomic mass is 10.2. The van der Waals surface area contributed by atoms with Crippen molar-refractivity contribution in [1.29, 1.82) is 0 Å². The Kier molecular flexibility index (Phi) is 6.25. The molecule has 5 nitrogen and oxygen atoms in total. The van der Waals surface area contributed by atoms with Gasteiger partial charge in [0.05, 0.1) is 28.4 Å². The molecule has 3 aromatic rings. The molecule has 2 aromatic carbocycles. The summed E-state index contributed by atoms with van der Waals surface area (Å²) < 4.78 is 43.8. The lowest BCUT2D eigenvalue weighted by molar-refractivity contribution is -0.137. The number of anilines is 1. The van der Waals surface area contributed by atoms with Crippen LogP contribution in [0.5, 0.6) is 0 Å². The first-order chi connectivity index (χ1) is 13.3. The maximum atomic E-state index is 12.8. The van der Waals surface area contributed by atoms with Crippen molar-refractivity contribution in [2.75, 3.05) is 11.1 Å². The minimum Gasteiger partial charge on any atom is -0.416 e. The van der Waals surface area contributed by atoms with E-state index in [-0.39, 0.29) is 21.7 Å². The van der Waals surface area contributed by atoms with Crippen molar-refractivity contribution in [2.45, 2.75) is 17.8 Å². The average Bonchev–Trinajstić information content (AvgIpc) is 3.09. The normalized spacial score (nSPS) is 11.4. The highest BCUT2D eigenvalue weighted by molar-refractivity contribution is 7.99. The first-order valence-electron chi connectivity index (χ1n) is 7.97. The Bertz CT molecular complexity index is 964. The van der Waals surface area contributed by atoms with Crippen LogP contribution in [0.4, 0.5) is 18.9 Å². The van der Waals surface area contributed by atoms with E-state index in [1.807, 2.05) is 30.3 Å². The van der Waals surface area contributed by atoms with Crippen LogP contribution in [-0.2, 0) is 17.4 Å². The largest absolute Gasteiger partial charge is 0.416 e. The topological polar surface area (TPSA) is 68.0 Å². The van der Waals surface area contributed by atoms with Crippen LogP contribution < -0.4 is 5.32 Å². The number of nitrogens with one attached hydrogen (secondary N) is 1. The molecule has 1 aromatic heterocycles. The van der Waals surface area contributed by atoms with Crippen LogP contribution >= 0.6 is 23.4 Å². The minimum atomic E-state index is -4.53. The summed E-state index contributed by atoms with van der Waals surface area (Å²) in [6.45, 7) is 0. The number of amides is 1. The molecule has 0 saturated carbocycles. The molecule has 28 heavy (non-hydrogen) atoms. The lowest BCUT2D eigenvalue weighted by Crippen LogP contribution is -2.15. The Balaban J connectivity index is 1.56. The van der Waals surface area contributed by atoms with E-state index in [2.05, 4.69) is 15.5 Å². The molecular formula is C18H13ClF3N3O2S. The fraction of sp³-hybridized carbons (Fsp3) is 0.167. The quantitative estimate of drug-likeness (QED) is 0.557. The molecule has 0 aliphatic rings. The van der Waals surface area contributed by atoms with E-state index >= 15 is 0 Å². The van der Waals surface area contributed by atoms with Crippen LogP contribution in [0.1, 0.15) is 17.0 Å². The van der Waals surface area contributed by atoms with Crippen molar-refractivity contribution < 1.29 is 22.4 Å². The molecule has 1 amide bonds. The summed E-state index contributed by atoms with van der Waals surface area (Å²) in [5.41, 5.74) is -0.0145. The third-order valence-electron chi connectivity index (χ3n) is 3.54. The second kappa shape index (κ2) is 8.66. The highest BCUT2D eigenvalue weighted by Gasteiger charge is 2.31. The van der Waals surface area contributed by atoms with Crippen molar-refractivity contribution in [2.24, 2.45) is 0 Å². The molecule has 146 valence electrons. The van der Waals surface area contributed by atoms with Crippen LogP contribution in [0.15, 0.2) is 58.2 Å². The monoisotopic (exact) mass is 427 g/mol. The summed E-state index contributed by atoms with van der Waals surface area (Å²) >= 11 is 6.84. The standard InChI is InChI=1S/C18H13ClF3N3O2S/c19-13-7-6-12(18(20,21)22)9-14(13)23-15(26)10-28-17-25-24-16(27-17)8-11-4-2-1-3-5-11/h1-7,9H,8,10H2,(H,23,26). The van der Waals surface area contributed by atoms with E-state index in [0.717, 1.165) is 35.5 Å². The summed E-state index contributed by atoms with van der Waals surface area (Å²) in [6.07, 6.45) is -4.07. The fourth-order valence-corrected chi connectivity index (χ4v) is 2.99. The maximum absolute atomic E-state index is 12.8. The molecule has 10 heteroatoms. The van der Waals surface area contributed by atoms with Gasteiger partial charge in [0.2, 0.25) is 11.8 Å². The predicted molar refractivity (Wildman–Crippen MR) is 99.4 cm³/mol. The number of halogens is 4. The van der Waals surface area contributed by atoms with Gasteiger partial charge in [-0.2, -0.15) is 13.2 Å². The average molecular weight is 428 g/mol. The van der Waals surface area contributed by atoms with E-state index in [9.17, 15) is 18.0 Å². The van der Waals surface area contributed by atoms with Gasteiger partial charge >= 0.3 is 6.18 Å². The number of thioether (sulfide) groups is 1. The van der Waals surface area contributed by atoms with Gasteiger partial charge < -0.3 is 9.73 Å². The van der Waals surface area contributed by atoms with Gasteiger partial charge in [-0.05, 0) is 23.8 Å². The zero-order chi connectivity index (χ0) is 20.1. The van der Waals surface area contributed by atoms with Crippen molar-refractivity contribution in [3.8, 4) is 0 Å². The van der Waals surface area contributed by atoms with Crippen LogP contribution in [0.2, 0.25) is 5.02 Å². The number of carbonyl (C=O) groups is 1. The number of hydrogen-bond acceptors (Lipinski definition) is 5. The highest BCUT2D eigenvalue weighted by Crippen LogP contribution is 2.34. The Hall–Kier alpha value is -2.52. The molecule has 1 heterocycles. The van der Waals surface area contributed by atoms with Crippen molar-refractivity contribution >= 4 is 35.0 Å². The Labute approximate surface area is 167 Å². The van der Waals surface area contributed by atoms with Gasteiger partial charge in [0.25, 0.3) is 5.22 Å². The van der Waals surface area contributed by atoms with Gasteiger partial charge in [0.15, 0.2) is 0 Å². The Morgan fingerprint density at radius 1 is 1.14 bits per heavy atom. The van der Waals surface area contributed by atoms with Crippen LogP contribution in [0.3, 0.4) is 0 Å². The molecule has 0 bridgehead atoms. The van der Waals surface area contributed by atoms with E-state index in [1.165, 1.54) is 0 Å². The summed E-state index contributed by atoms with van der Waals surface area (Å²) in [4.78, 5) is 12.0. The molecule has 0 spiro atoms. The Morgan fingerprint density at radius 3 is 2.61 bits per heavy atom. The minimum absolute atomic E-state index is 0.00860. The van der Waals surface area contributed by atoms with Crippen LogP contribution in [-0.4, -0.2) is 21.9 Å². The molecule has 0 radical (unpaired) electrons. The van der Waals surface area contributed by atoms with Gasteiger partial charge in [-0.1, -0.05) is 53.7 Å². The smallest absolute Gasteiger partial charge is 0.416 e. The van der Waals surface area contributed by atoms with E-state index in [4.69, 9.17) is 16.0 Å². The zero-order valence-corrected chi connectivity index (χ0v) is 15.7. The summed E-state index contributed by atoms with van der Waals surface area (Å²) in [6, 6.07) is 12.2. The fourth-order valence-electron chi connectivity index (χ4n) is 2.25. The molecule has 0 aliphatic carbocycles. The van der Waals surface area contributed by atoms with E-state index < -0.39 is 17.6 Å². The van der Waals surface area contributed by atoms with Crippen molar-refractivity contribution in [3.63, 3.8) is 0 Å². The number of nitrogens with zero attached hydrogens (tertiary/aromatic N) is 2. The van der Waals surface area contributed by atoms with Crippen LogP contribution in [0, 0.1) is 0 Å². The SMILES string of the molecule is O=C(CSc1nnc(Cc2ccccc2)o1)Nc1cc(C(F)(F)F)ccc1Cl. The summed E-state index contributed by atoms with van der Waals surface area (Å²) in [7, 11) is 0. The van der Waals surface area contributed by atoms with Gasteiger partial charge in [-0.3, -0.25) is 4.79 Å². The molecule has 0 saturated heterocycles. The zero-order valence-electron chi connectivity index (χ0n) is 14.2. The number of benzene rings is 2. The molecule has 0 aliphatic heterocycles. The van der Waals surface area contributed by atoms with Gasteiger partial charge in [-0.15, -0.1) is 10.2 Å². The first-order valence-corrected chi connectivity index (χ1v) is 9.33. The summed E-state index contributed by atoms with van der Waals surface area (Å²) in [5, 5.41) is 10.3. The molecular weight excluding hydrogens is 415 g/mol. The molecule has 0 atom stereocenters. The number of hydrogen-bond donors (Lipinski definition) is 1. The number of alkyl halides is 3. The lowest BCUT2D eigenvalue weighted by Gasteiger charge is -2.11. The van der Waals surface area contributed by atoms with Crippen molar-refractivity contribution in [3.05, 3.63) is 70.6 Å². The van der Waals surface area contributed by atoms with Crippen molar-refractivity contribution in [1.82, 2.24) is 10.2 Å². The van der Waals surface area contributed by atoms with E-state index in [1.54, 1.807) is 0 Å². The van der Waals surface area contributed by atoms with E-state index in [0.29, 0.717) is 12.3 Å². The second-order valence-electron chi connectivity index (χ2n) is 5.65. The highest BCUT2D eigenvalue weighted by atomic mass is 35.5. The molecule has 0 fully saturated rings. The molecule has 0 unspecified atom stereocenters. The van der Waals surface area contributed by atoms with Gasteiger partial charge in [-0.25, -0.2) is 0 Å². The number of aromatic nitrogens is 2. The summed E-state index contributed by atoms with van der Waals surface area (Å²) in [5.74, 6) is -0.274. The second-order valence-corrected chi connectivity index (χ2v) is 6.99. The van der Waals surface area contributed by atoms with Crippen LogP contribution in [0.25, 0.3) is 0 Å². The molecule has 1 N–H and O–H groups in total. The van der Waals surface area contributed by atoms with Gasteiger partial charge in [0, 0.05) is 0 Å². The van der Waals surface area contributed by atoms with Gasteiger partial charge in [0.1, 0.15) is 0 Å². The number of rotatable bonds is 6. The Morgan fingerprint density at radius 2 is 1.89 bits per heavy atom. The predicted octanol–water partition coefficient (Wildman–Crippen LogP) is 5.06. The maximum Gasteiger partial charge on any atom is 0.416 e. The third-order valence-corrected chi connectivity index (χ3v) is 4.69.